The van der Waals surface area contributed by atoms with E-state index in [2.05, 4.69) is 24.1 Å². The number of hydrogen-bond donors (Lipinski definition) is 1. The van der Waals surface area contributed by atoms with Gasteiger partial charge in [0.05, 0.1) is 11.1 Å². The van der Waals surface area contributed by atoms with Gasteiger partial charge >= 0.3 is 5.69 Å². The molecular formula is C22H25FN4O3S. The van der Waals surface area contributed by atoms with Crippen molar-refractivity contribution in [2.24, 2.45) is 20.0 Å². The SMILES string of the molecule is CC(C)Cc1cnc2c(c1SCC(=O)NCc1ccc(F)cc1)c(=O)n(C)c(=O)n2C. The summed E-state index contributed by atoms with van der Waals surface area (Å²) in [7, 11) is 3.01. The monoisotopic (exact) mass is 444 g/mol. The van der Waals surface area contributed by atoms with Crippen LogP contribution in [0.4, 0.5) is 4.39 Å². The van der Waals surface area contributed by atoms with Crippen molar-refractivity contribution in [1.82, 2.24) is 19.4 Å². The van der Waals surface area contributed by atoms with Crippen LogP contribution in [-0.4, -0.2) is 25.8 Å². The lowest BCUT2D eigenvalue weighted by molar-refractivity contribution is -0.118. The van der Waals surface area contributed by atoms with Crippen molar-refractivity contribution >= 4 is 28.7 Å². The van der Waals surface area contributed by atoms with Crippen LogP contribution in [0, 0.1) is 11.7 Å². The minimum absolute atomic E-state index is 0.0946. The molecule has 0 saturated heterocycles. The number of amides is 1. The van der Waals surface area contributed by atoms with Crippen LogP contribution in [0.1, 0.15) is 25.0 Å². The lowest BCUT2D eigenvalue weighted by Crippen LogP contribution is -2.37. The molecule has 0 spiro atoms. The summed E-state index contributed by atoms with van der Waals surface area (Å²) in [6.45, 7) is 4.41. The highest BCUT2D eigenvalue weighted by Crippen LogP contribution is 2.29. The average Bonchev–Trinajstić information content (AvgIpc) is 2.74. The Labute approximate surface area is 183 Å². The van der Waals surface area contributed by atoms with Crippen molar-refractivity contribution in [3.63, 3.8) is 0 Å². The zero-order valence-electron chi connectivity index (χ0n) is 17.9. The summed E-state index contributed by atoms with van der Waals surface area (Å²) < 4.78 is 15.4. The van der Waals surface area contributed by atoms with Crippen LogP contribution >= 0.6 is 11.8 Å². The number of rotatable bonds is 7. The number of benzene rings is 1. The van der Waals surface area contributed by atoms with Gasteiger partial charge in [-0.2, -0.15) is 0 Å². The standard InChI is InChI=1S/C22H25FN4O3S/c1-13(2)9-15-11-25-20-18(21(29)27(4)22(30)26(20)3)19(15)31-12-17(28)24-10-14-5-7-16(23)8-6-14/h5-8,11,13H,9-10,12H2,1-4H3,(H,24,28). The maximum Gasteiger partial charge on any atom is 0.332 e. The number of halogens is 1. The lowest BCUT2D eigenvalue weighted by atomic mass is 10.0. The van der Waals surface area contributed by atoms with Crippen LogP contribution in [0.3, 0.4) is 0 Å². The fourth-order valence-corrected chi connectivity index (χ4v) is 4.31. The van der Waals surface area contributed by atoms with Crippen LogP contribution in [0.25, 0.3) is 11.0 Å². The molecular weight excluding hydrogens is 419 g/mol. The first-order valence-corrected chi connectivity index (χ1v) is 10.9. The number of thioether (sulfide) groups is 1. The number of carbonyl (C=O) groups excluding carboxylic acids is 1. The molecule has 0 aliphatic heterocycles. The first-order chi connectivity index (χ1) is 14.7. The molecule has 0 atom stereocenters. The van der Waals surface area contributed by atoms with E-state index in [0.717, 1.165) is 15.7 Å². The summed E-state index contributed by atoms with van der Waals surface area (Å²) in [4.78, 5) is 42.7. The van der Waals surface area contributed by atoms with Gasteiger partial charge in [-0.15, -0.1) is 11.8 Å². The number of nitrogens with zero attached hydrogens (tertiary/aromatic N) is 3. The highest BCUT2D eigenvalue weighted by molar-refractivity contribution is 8.00. The summed E-state index contributed by atoms with van der Waals surface area (Å²) in [5, 5.41) is 3.15. The van der Waals surface area contributed by atoms with E-state index in [1.54, 1.807) is 25.4 Å². The maximum absolute atomic E-state index is 13.0. The van der Waals surface area contributed by atoms with Gasteiger partial charge in [-0.1, -0.05) is 26.0 Å². The highest BCUT2D eigenvalue weighted by atomic mass is 32.2. The molecule has 164 valence electrons. The summed E-state index contributed by atoms with van der Waals surface area (Å²) in [5.41, 5.74) is 1.09. The summed E-state index contributed by atoms with van der Waals surface area (Å²) in [6, 6.07) is 5.92. The molecule has 3 aromatic rings. The van der Waals surface area contributed by atoms with E-state index in [9.17, 15) is 18.8 Å². The molecule has 1 aromatic carbocycles. The molecule has 2 heterocycles. The molecule has 1 amide bonds. The second kappa shape index (κ2) is 9.47. The molecule has 0 radical (unpaired) electrons. The minimum Gasteiger partial charge on any atom is -0.351 e. The first kappa shape index (κ1) is 22.7. The Balaban J connectivity index is 1.90. The van der Waals surface area contributed by atoms with E-state index in [0.29, 0.717) is 28.3 Å². The lowest BCUT2D eigenvalue weighted by Gasteiger charge is -2.15. The second-order valence-corrected chi connectivity index (χ2v) is 8.79. The van der Waals surface area contributed by atoms with E-state index < -0.39 is 11.2 Å². The maximum atomic E-state index is 13.0. The Morgan fingerprint density at radius 3 is 2.48 bits per heavy atom. The number of pyridine rings is 1. The average molecular weight is 445 g/mol. The Kier molecular flexibility index (Phi) is 6.94. The molecule has 9 heteroatoms. The number of aromatic nitrogens is 3. The van der Waals surface area contributed by atoms with Crippen LogP contribution < -0.4 is 16.6 Å². The first-order valence-electron chi connectivity index (χ1n) is 9.90. The largest absolute Gasteiger partial charge is 0.351 e. The van der Waals surface area contributed by atoms with E-state index in [-0.39, 0.29) is 24.0 Å². The number of fused-ring (bicyclic) bond motifs is 1. The molecule has 1 N–H and O–H groups in total. The quantitative estimate of drug-likeness (QED) is 0.566. The van der Waals surface area contributed by atoms with Gasteiger partial charge in [0, 0.05) is 31.7 Å². The molecule has 31 heavy (non-hydrogen) atoms. The third-order valence-electron chi connectivity index (χ3n) is 4.87. The Morgan fingerprint density at radius 1 is 1.16 bits per heavy atom. The van der Waals surface area contributed by atoms with E-state index in [1.165, 1.54) is 35.5 Å². The third kappa shape index (κ3) is 5.04. The van der Waals surface area contributed by atoms with Gasteiger partial charge in [-0.25, -0.2) is 14.2 Å². The van der Waals surface area contributed by atoms with Gasteiger partial charge < -0.3 is 5.32 Å². The minimum atomic E-state index is -0.449. The normalized spacial score (nSPS) is 11.3. The van der Waals surface area contributed by atoms with Crippen molar-refractivity contribution < 1.29 is 9.18 Å². The summed E-state index contributed by atoms with van der Waals surface area (Å²) in [6.07, 6.45) is 2.37. The van der Waals surface area contributed by atoms with Gasteiger partial charge in [0.1, 0.15) is 11.5 Å². The summed E-state index contributed by atoms with van der Waals surface area (Å²) in [5.74, 6) is -0.125. The molecule has 0 saturated carbocycles. The third-order valence-corrected chi connectivity index (χ3v) is 6.04. The van der Waals surface area contributed by atoms with Gasteiger partial charge in [0.2, 0.25) is 5.91 Å². The van der Waals surface area contributed by atoms with E-state index in [1.807, 2.05) is 0 Å². The molecule has 2 aromatic heterocycles. The zero-order valence-corrected chi connectivity index (χ0v) is 18.8. The molecule has 0 aliphatic rings. The number of aryl methyl sites for hydroxylation is 1. The van der Waals surface area contributed by atoms with E-state index >= 15 is 0 Å². The van der Waals surface area contributed by atoms with Crippen molar-refractivity contribution in [3.8, 4) is 0 Å². The van der Waals surface area contributed by atoms with Gasteiger partial charge in [-0.05, 0) is 35.6 Å². The predicted octanol–water partition coefficient (Wildman–Crippen LogP) is 2.38. The van der Waals surface area contributed by atoms with Crippen molar-refractivity contribution in [3.05, 3.63) is 68.2 Å². The Morgan fingerprint density at radius 2 is 1.84 bits per heavy atom. The van der Waals surface area contributed by atoms with Crippen molar-refractivity contribution in [2.45, 2.75) is 31.7 Å². The molecule has 7 nitrogen and oxygen atoms in total. The highest BCUT2D eigenvalue weighted by Gasteiger charge is 2.19. The van der Waals surface area contributed by atoms with Gasteiger partial charge in [0.15, 0.2) is 0 Å². The van der Waals surface area contributed by atoms with Crippen molar-refractivity contribution in [1.29, 1.82) is 0 Å². The van der Waals surface area contributed by atoms with Crippen LogP contribution in [0.5, 0.6) is 0 Å². The second-order valence-electron chi connectivity index (χ2n) is 7.81. The number of nitrogens with one attached hydrogen (secondary N) is 1. The molecule has 0 bridgehead atoms. The zero-order chi connectivity index (χ0) is 22.7. The summed E-state index contributed by atoms with van der Waals surface area (Å²) >= 11 is 1.26. The van der Waals surface area contributed by atoms with Crippen LogP contribution in [0.15, 0.2) is 44.9 Å². The predicted molar refractivity (Wildman–Crippen MR) is 120 cm³/mol. The molecule has 0 unspecified atom stereocenters. The van der Waals surface area contributed by atoms with Crippen LogP contribution in [0.2, 0.25) is 0 Å². The van der Waals surface area contributed by atoms with E-state index in [4.69, 9.17) is 0 Å². The van der Waals surface area contributed by atoms with Gasteiger partial charge in [0.25, 0.3) is 5.56 Å². The smallest absolute Gasteiger partial charge is 0.332 e. The fourth-order valence-electron chi connectivity index (χ4n) is 3.28. The Hall–Kier alpha value is -2.94. The molecule has 0 fully saturated rings. The van der Waals surface area contributed by atoms with Crippen molar-refractivity contribution in [2.75, 3.05) is 5.75 Å². The fraction of sp³-hybridized carbons (Fsp3) is 0.364. The van der Waals surface area contributed by atoms with Gasteiger partial charge in [-0.3, -0.25) is 18.7 Å². The van der Waals surface area contributed by atoms with Crippen LogP contribution in [-0.2, 0) is 31.9 Å². The number of carbonyl (C=O) groups is 1. The molecule has 3 rings (SSSR count). The topological polar surface area (TPSA) is 86.0 Å². The Bertz CT molecular complexity index is 1230. The number of hydrogen-bond acceptors (Lipinski definition) is 5. The molecule has 0 aliphatic carbocycles.